The van der Waals surface area contributed by atoms with Gasteiger partial charge < -0.3 is 0 Å². The molecule has 0 bridgehead atoms. The number of hydrogen-bond acceptors (Lipinski definition) is 3. The summed E-state index contributed by atoms with van der Waals surface area (Å²) in [5, 5.41) is 2.21. The van der Waals surface area contributed by atoms with Crippen LogP contribution in [0, 0.1) is 13.8 Å². The third-order valence-electron chi connectivity index (χ3n) is 2.56. The van der Waals surface area contributed by atoms with Crippen LogP contribution in [0.4, 0.5) is 0 Å². The standard InChI is InChI=1S/C14H12S3/c1-9-7-14(15-8-9)13-6-5-12(17-13)11-4-3-10(2)16-11/h3-8H,1-2H3. The van der Waals surface area contributed by atoms with Crippen molar-refractivity contribution in [2.45, 2.75) is 13.8 Å². The molecule has 0 saturated carbocycles. The van der Waals surface area contributed by atoms with Crippen molar-refractivity contribution in [1.29, 1.82) is 0 Å². The van der Waals surface area contributed by atoms with Gasteiger partial charge >= 0.3 is 0 Å². The first kappa shape index (κ1) is 11.2. The maximum absolute atomic E-state index is 2.26. The predicted octanol–water partition coefficient (Wildman–Crippen LogP) is 5.82. The Kier molecular flexibility index (Phi) is 2.90. The van der Waals surface area contributed by atoms with Crippen LogP contribution in [0.3, 0.4) is 0 Å². The second kappa shape index (κ2) is 4.41. The molecule has 0 unspecified atom stereocenters. The lowest BCUT2D eigenvalue weighted by atomic mass is 10.3. The van der Waals surface area contributed by atoms with Crippen LogP contribution in [-0.2, 0) is 0 Å². The topological polar surface area (TPSA) is 0 Å². The van der Waals surface area contributed by atoms with Crippen molar-refractivity contribution in [3.05, 3.63) is 46.2 Å². The van der Waals surface area contributed by atoms with Gasteiger partial charge in [-0.2, -0.15) is 0 Å². The summed E-state index contributed by atoms with van der Waals surface area (Å²) in [6.07, 6.45) is 0. The van der Waals surface area contributed by atoms with Gasteiger partial charge in [-0.3, -0.25) is 0 Å². The van der Waals surface area contributed by atoms with Crippen LogP contribution >= 0.6 is 34.0 Å². The lowest BCUT2D eigenvalue weighted by Gasteiger charge is -1.90. The number of hydrogen-bond donors (Lipinski definition) is 0. The molecule has 0 aromatic carbocycles. The third-order valence-corrected chi connectivity index (χ3v) is 6.09. The number of aryl methyl sites for hydroxylation is 2. The Hall–Kier alpha value is -0.900. The largest absolute Gasteiger partial charge is 0.143 e. The van der Waals surface area contributed by atoms with Gasteiger partial charge in [0.15, 0.2) is 0 Å². The third kappa shape index (κ3) is 2.23. The van der Waals surface area contributed by atoms with Crippen LogP contribution in [0.25, 0.3) is 19.5 Å². The molecule has 0 spiro atoms. The van der Waals surface area contributed by atoms with E-state index in [9.17, 15) is 0 Å². The normalized spacial score (nSPS) is 10.9. The molecule has 0 saturated heterocycles. The Morgan fingerprint density at radius 1 is 0.765 bits per heavy atom. The van der Waals surface area contributed by atoms with E-state index in [2.05, 4.69) is 49.6 Å². The van der Waals surface area contributed by atoms with Gasteiger partial charge in [0.05, 0.1) is 0 Å². The number of thiophene rings is 3. The summed E-state index contributed by atoms with van der Waals surface area (Å²) in [5.74, 6) is 0. The SMILES string of the molecule is Cc1csc(-c2ccc(-c3ccc(C)s3)s2)c1. The molecule has 0 amide bonds. The van der Waals surface area contributed by atoms with Gasteiger partial charge in [-0.1, -0.05) is 0 Å². The van der Waals surface area contributed by atoms with Crippen LogP contribution in [0.5, 0.6) is 0 Å². The molecule has 0 aliphatic carbocycles. The Morgan fingerprint density at radius 2 is 1.41 bits per heavy atom. The molecule has 86 valence electrons. The monoisotopic (exact) mass is 276 g/mol. The maximum Gasteiger partial charge on any atom is 0.0449 e. The Bertz CT molecular complexity index is 585. The fourth-order valence-corrected chi connectivity index (χ4v) is 4.69. The van der Waals surface area contributed by atoms with Crippen LogP contribution in [0.15, 0.2) is 35.7 Å². The molecular formula is C14H12S3. The van der Waals surface area contributed by atoms with Crippen LogP contribution in [0.2, 0.25) is 0 Å². The quantitative estimate of drug-likeness (QED) is 0.553. The van der Waals surface area contributed by atoms with Gasteiger partial charge in [0.25, 0.3) is 0 Å². The van der Waals surface area contributed by atoms with Gasteiger partial charge in [-0.05, 0) is 55.1 Å². The van der Waals surface area contributed by atoms with E-state index in [1.807, 2.05) is 34.0 Å². The van der Waals surface area contributed by atoms with E-state index >= 15 is 0 Å². The molecule has 0 radical (unpaired) electrons. The van der Waals surface area contributed by atoms with Crippen LogP contribution < -0.4 is 0 Å². The zero-order valence-electron chi connectivity index (χ0n) is 9.69. The fraction of sp³-hybridized carbons (Fsp3) is 0.143. The van der Waals surface area contributed by atoms with Gasteiger partial charge in [-0.25, -0.2) is 0 Å². The maximum atomic E-state index is 2.26. The molecule has 3 aromatic rings. The molecule has 0 aliphatic heterocycles. The molecule has 3 aromatic heterocycles. The molecule has 0 fully saturated rings. The Balaban J connectivity index is 1.98. The van der Waals surface area contributed by atoms with Crippen molar-refractivity contribution in [2.24, 2.45) is 0 Å². The zero-order valence-corrected chi connectivity index (χ0v) is 12.1. The highest BCUT2D eigenvalue weighted by atomic mass is 32.1. The smallest absolute Gasteiger partial charge is 0.0449 e. The molecular weight excluding hydrogens is 264 g/mol. The first-order valence-corrected chi connectivity index (χ1v) is 7.96. The highest BCUT2D eigenvalue weighted by Gasteiger charge is 2.07. The minimum absolute atomic E-state index is 1.35. The first-order chi connectivity index (χ1) is 8.22. The highest BCUT2D eigenvalue weighted by Crippen LogP contribution is 2.39. The van der Waals surface area contributed by atoms with Gasteiger partial charge in [0, 0.05) is 24.4 Å². The van der Waals surface area contributed by atoms with Crippen molar-refractivity contribution in [2.75, 3.05) is 0 Å². The van der Waals surface area contributed by atoms with Gasteiger partial charge in [0.2, 0.25) is 0 Å². The summed E-state index contributed by atoms with van der Waals surface area (Å²) < 4.78 is 0. The van der Waals surface area contributed by atoms with Crippen LogP contribution in [0.1, 0.15) is 10.4 Å². The molecule has 17 heavy (non-hydrogen) atoms. The van der Waals surface area contributed by atoms with E-state index in [1.54, 1.807) is 0 Å². The van der Waals surface area contributed by atoms with Crippen molar-refractivity contribution >= 4 is 34.0 Å². The van der Waals surface area contributed by atoms with Gasteiger partial charge in [0.1, 0.15) is 0 Å². The van der Waals surface area contributed by atoms with Crippen molar-refractivity contribution in [1.82, 2.24) is 0 Å². The first-order valence-electron chi connectivity index (χ1n) is 5.44. The summed E-state index contributed by atoms with van der Waals surface area (Å²) >= 11 is 5.59. The fourth-order valence-electron chi connectivity index (χ4n) is 1.73. The molecule has 0 atom stereocenters. The lowest BCUT2D eigenvalue weighted by Crippen LogP contribution is -1.59. The van der Waals surface area contributed by atoms with Crippen LogP contribution in [-0.4, -0.2) is 0 Å². The summed E-state index contributed by atoms with van der Waals surface area (Å²) in [4.78, 5) is 6.90. The molecule has 3 heteroatoms. The van der Waals surface area contributed by atoms with E-state index in [0.29, 0.717) is 0 Å². The Labute approximate surface area is 113 Å². The second-order valence-corrected chi connectivity index (χ2v) is 7.35. The van der Waals surface area contributed by atoms with Crippen molar-refractivity contribution in [3.8, 4) is 19.5 Å². The zero-order chi connectivity index (χ0) is 11.8. The average Bonchev–Trinajstić information content (AvgIpc) is 2.96. The minimum atomic E-state index is 1.35. The lowest BCUT2D eigenvalue weighted by molar-refractivity contribution is 1.56. The van der Waals surface area contributed by atoms with Crippen molar-refractivity contribution in [3.63, 3.8) is 0 Å². The molecule has 0 N–H and O–H groups in total. The molecule has 0 aliphatic rings. The summed E-state index contributed by atoms with van der Waals surface area (Å²) in [7, 11) is 0. The molecule has 3 rings (SSSR count). The molecule has 3 heterocycles. The van der Waals surface area contributed by atoms with Crippen molar-refractivity contribution < 1.29 is 0 Å². The van der Waals surface area contributed by atoms with E-state index in [0.717, 1.165) is 0 Å². The van der Waals surface area contributed by atoms with E-state index < -0.39 is 0 Å². The minimum Gasteiger partial charge on any atom is -0.143 e. The number of rotatable bonds is 2. The van der Waals surface area contributed by atoms with E-state index in [-0.39, 0.29) is 0 Å². The predicted molar refractivity (Wildman–Crippen MR) is 80.4 cm³/mol. The van der Waals surface area contributed by atoms with E-state index in [1.165, 1.54) is 29.9 Å². The molecule has 0 nitrogen and oxygen atoms in total. The summed E-state index contributed by atoms with van der Waals surface area (Å²) in [6, 6.07) is 11.1. The Morgan fingerprint density at radius 3 is 2.00 bits per heavy atom. The summed E-state index contributed by atoms with van der Waals surface area (Å²) in [5.41, 5.74) is 1.35. The highest BCUT2D eigenvalue weighted by molar-refractivity contribution is 7.26. The van der Waals surface area contributed by atoms with Gasteiger partial charge in [-0.15, -0.1) is 34.0 Å². The second-order valence-electron chi connectivity index (χ2n) is 4.06. The van der Waals surface area contributed by atoms with E-state index in [4.69, 9.17) is 0 Å². The summed E-state index contributed by atoms with van der Waals surface area (Å²) in [6.45, 7) is 4.31. The average molecular weight is 276 g/mol.